The van der Waals surface area contributed by atoms with E-state index in [2.05, 4.69) is 5.32 Å². The zero-order chi connectivity index (χ0) is 18.5. The van der Waals surface area contributed by atoms with Gasteiger partial charge in [0.25, 0.3) is 5.91 Å². The molecule has 3 rings (SSSR count). The van der Waals surface area contributed by atoms with Gasteiger partial charge in [0.2, 0.25) is 0 Å². The summed E-state index contributed by atoms with van der Waals surface area (Å²) in [6.45, 7) is 0. The summed E-state index contributed by atoms with van der Waals surface area (Å²) in [5.74, 6) is -1.63. The first-order valence-electron chi connectivity index (χ1n) is 7.66. The molecule has 1 N–H and O–H groups in total. The average molecular weight is 370 g/mol. The molecule has 0 aliphatic rings. The smallest absolute Gasteiger partial charge is 0.343 e. The van der Waals surface area contributed by atoms with Gasteiger partial charge in [-0.2, -0.15) is 0 Å². The van der Waals surface area contributed by atoms with Gasteiger partial charge in [-0.25, -0.2) is 9.18 Å². The van der Waals surface area contributed by atoms with Crippen molar-refractivity contribution in [1.82, 2.24) is 0 Å². The number of hydrogen-bond acceptors (Lipinski definition) is 3. The van der Waals surface area contributed by atoms with Crippen molar-refractivity contribution in [2.45, 2.75) is 0 Å². The fraction of sp³-hybridized carbons (Fsp3) is 0. The molecular formula is C20H13ClFNO3. The predicted octanol–water partition coefficient (Wildman–Crippen LogP) is 4.95. The SMILES string of the molecule is O=C(Oc1cc(Cl)ccc1C(=O)Nc1cccc(F)c1)c1ccccc1. The van der Waals surface area contributed by atoms with Gasteiger partial charge in [0.05, 0.1) is 11.1 Å². The van der Waals surface area contributed by atoms with E-state index in [1.165, 1.54) is 36.4 Å². The van der Waals surface area contributed by atoms with Gasteiger partial charge in [-0.15, -0.1) is 0 Å². The number of halogens is 2. The van der Waals surface area contributed by atoms with Crippen LogP contribution < -0.4 is 10.1 Å². The molecule has 0 atom stereocenters. The number of carbonyl (C=O) groups is 2. The summed E-state index contributed by atoms with van der Waals surface area (Å²) < 4.78 is 18.6. The van der Waals surface area contributed by atoms with Crippen LogP contribution in [0.4, 0.5) is 10.1 Å². The van der Waals surface area contributed by atoms with Crippen LogP contribution in [0.1, 0.15) is 20.7 Å². The monoisotopic (exact) mass is 369 g/mol. The molecule has 0 aliphatic carbocycles. The van der Waals surface area contributed by atoms with E-state index in [9.17, 15) is 14.0 Å². The highest BCUT2D eigenvalue weighted by Crippen LogP contribution is 2.25. The van der Waals surface area contributed by atoms with Crippen molar-refractivity contribution < 1.29 is 18.7 Å². The lowest BCUT2D eigenvalue weighted by Crippen LogP contribution is -2.16. The van der Waals surface area contributed by atoms with Crippen molar-refractivity contribution in [1.29, 1.82) is 0 Å². The number of rotatable bonds is 4. The van der Waals surface area contributed by atoms with E-state index in [-0.39, 0.29) is 17.0 Å². The first-order chi connectivity index (χ1) is 12.5. The zero-order valence-corrected chi connectivity index (χ0v) is 14.2. The Kier molecular flexibility index (Phi) is 5.29. The number of ether oxygens (including phenoxy) is 1. The fourth-order valence-corrected chi connectivity index (χ4v) is 2.43. The van der Waals surface area contributed by atoms with Crippen molar-refractivity contribution >= 4 is 29.2 Å². The van der Waals surface area contributed by atoms with Crippen LogP contribution in [0.15, 0.2) is 72.8 Å². The number of esters is 1. The summed E-state index contributed by atoms with van der Waals surface area (Å²) in [6, 6.07) is 18.2. The number of nitrogens with one attached hydrogen (secondary N) is 1. The first-order valence-corrected chi connectivity index (χ1v) is 8.04. The summed E-state index contributed by atoms with van der Waals surface area (Å²) in [4.78, 5) is 24.8. The molecule has 0 spiro atoms. The molecule has 0 aliphatic heterocycles. The maximum atomic E-state index is 13.3. The predicted molar refractivity (Wildman–Crippen MR) is 97.2 cm³/mol. The standard InChI is InChI=1S/C20H13ClFNO3/c21-14-9-10-17(19(24)23-16-8-4-7-15(22)12-16)18(11-14)26-20(25)13-5-2-1-3-6-13/h1-12H,(H,23,24). The Balaban J connectivity index is 1.85. The normalized spacial score (nSPS) is 10.2. The highest BCUT2D eigenvalue weighted by atomic mass is 35.5. The summed E-state index contributed by atoms with van der Waals surface area (Å²) in [7, 11) is 0. The third-order valence-electron chi connectivity index (χ3n) is 3.48. The molecule has 6 heteroatoms. The minimum Gasteiger partial charge on any atom is -0.422 e. The lowest BCUT2D eigenvalue weighted by molar-refractivity contribution is 0.0733. The maximum absolute atomic E-state index is 13.3. The Labute approximate surface area is 154 Å². The van der Waals surface area contributed by atoms with E-state index in [4.69, 9.17) is 16.3 Å². The summed E-state index contributed by atoms with van der Waals surface area (Å²) in [6.07, 6.45) is 0. The Morgan fingerprint density at radius 1 is 0.923 bits per heavy atom. The van der Waals surface area contributed by atoms with Crippen LogP contribution >= 0.6 is 11.6 Å². The Morgan fingerprint density at radius 3 is 2.42 bits per heavy atom. The second kappa shape index (κ2) is 7.80. The minimum absolute atomic E-state index is 0.0141. The second-order valence-electron chi connectivity index (χ2n) is 5.36. The quantitative estimate of drug-likeness (QED) is 0.523. The third-order valence-corrected chi connectivity index (χ3v) is 3.72. The molecule has 0 radical (unpaired) electrons. The molecule has 3 aromatic carbocycles. The third kappa shape index (κ3) is 4.26. The molecule has 26 heavy (non-hydrogen) atoms. The Bertz CT molecular complexity index is 960. The number of benzene rings is 3. The van der Waals surface area contributed by atoms with Crippen LogP contribution in [0.25, 0.3) is 0 Å². The fourth-order valence-electron chi connectivity index (χ4n) is 2.27. The molecule has 0 aromatic heterocycles. The van der Waals surface area contributed by atoms with Gasteiger partial charge in [0.1, 0.15) is 11.6 Å². The number of hydrogen-bond donors (Lipinski definition) is 1. The molecule has 0 bridgehead atoms. The molecular weight excluding hydrogens is 357 g/mol. The van der Waals surface area contributed by atoms with Crippen molar-refractivity contribution in [2.75, 3.05) is 5.32 Å². The van der Waals surface area contributed by atoms with Gasteiger partial charge in [-0.05, 0) is 42.5 Å². The van der Waals surface area contributed by atoms with E-state index < -0.39 is 17.7 Å². The van der Waals surface area contributed by atoms with Crippen LogP contribution in [0, 0.1) is 5.82 Å². The number of anilines is 1. The van der Waals surface area contributed by atoms with E-state index in [1.54, 1.807) is 36.4 Å². The molecule has 0 heterocycles. The lowest BCUT2D eigenvalue weighted by Gasteiger charge is -2.11. The van der Waals surface area contributed by atoms with Gasteiger partial charge in [0, 0.05) is 16.8 Å². The van der Waals surface area contributed by atoms with E-state index in [1.807, 2.05) is 0 Å². The second-order valence-corrected chi connectivity index (χ2v) is 5.80. The molecule has 0 saturated carbocycles. The topological polar surface area (TPSA) is 55.4 Å². The number of carbonyl (C=O) groups excluding carboxylic acids is 2. The van der Waals surface area contributed by atoms with Crippen molar-refractivity contribution in [3.63, 3.8) is 0 Å². The zero-order valence-electron chi connectivity index (χ0n) is 13.4. The van der Waals surface area contributed by atoms with E-state index >= 15 is 0 Å². The Hall–Kier alpha value is -3.18. The van der Waals surface area contributed by atoms with E-state index in [0.717, 1.165) is 0 Å². The summed E-state index contributed by atoms with van der Waals surface area (Å²) in [5.41, 5.74) is 0.720. The van der Waals surface area contributed by atoms with Gasteiger partial charge < -0.3 is 10.1 Å². The molecule has 0 unspecified atom stereocenters. The van der Waals surface area contributed by atoms with Crippen molar-refractivity contribution in [2.24, 2.45) is 0 Å². The van der Waals surface area contributed by atoms with Gasteiger partial charge in [-0.1, -0.05) is 35.9 Å². The van der Waals surface area contributed by atoms with Crippen molar-refractivity contribution in [3.05, 3.63) is 94.8 Å². The molecule has 4 nitrogen and oxygen atoms in total. The number of amides is 1. The Morgan fingerprint density at radius 2 is 1.69 bits per heavy atom. The van der Waals surface area contributed by atoms with Gasteiger partial charge in [-0.3, -0.25) is 4.79 Å². The summed E-state index contributed by atoms with van der Waals surface area (Å²) in [5, 5.41) is 2.87. The highest BCUT2D eigenvalue weighted by molar-refractivity contribution is 6.31. The molecule has 0 saturated heterocycles. The first kappa shape index (κ1) is 17.6. The molecule has 3 aromatic rings. The van der Waals surface area contributed by atoms with E-state index in [0.29, 0.717) is 10.6 Å². The van der Waals surface area contributed by atoms with Crippen LogP contribution in [-0.4, -0.2) is 11.9 Å². The molecule has 130 valence electrons. The van der Waals surface area contributed by atoms with Crippen LogP contribution in [0.2, 0.25) is 5.02 Å². The van der Waals surface area contributed by atoms with Crippen molar-refractivity contribution in [3.8, 4) is 5.75 Å². The van der Waals surface area contributed by atoms with Gasteiger partial charge in [0.15, 0.2) is 0 Å². The largest absolute Gasteiger partial charge is 0.422 e. The van der Waals surface area contributed by atoms with Crippen LogP contribution in [-0.2, 0) is 0 Å². The van der Waals surface area contributed by atoms with Gasteiger partial charge >= 0.3 is 5.97 Å². The lowest BCUT2D eigenvalue weighted by atomic mass is 10.1. The van der Waals surface area contributed by atoms with Crippen LogP contribution in [0.5, 0.6) is 5.75 Å². The summed E-state index contributed by atoms with van der Waals surface area (Å²) >= 11 is 5.96. The maximum Gasteiger partial charge on any atom is 0.343 e. The highest BCUT2D eigenvalue weighted by Gasteiger charge is 2.17. The average Bonchev–Trinajstić information content (AvgIpc) is 2.62. The molecule has 0 fully saturated rings. The molecule has 1 amide bonds. The van der Waals surface area contributed by atoms with Crippen LogP contribution in [0.3, 0.4) is 0 Å². The minimum atomic E-state index is -0.618.